The third kappa shape index (κ3) is 4.07. The van der Waals surface area contributed by atoms with Gasteiger partial charge in [0, 0.05) is 16.0 Å². The van der Waals surface area contributed by atoms with E-state index in [2.05, 4.69) is 15.4 Å². The molecule has 0 unspecified atom stereocenters. The molecule has 10 heteroatoms. The van der Waals surface area contributed by atoms with Crippen molar-refractivity contribution in [3.63, 3.8) is 0 Å². The van der Waals surface area contributed by atoms with Crippen molar-refractivity contribution in [2.75, 3.05) is 19.5 Å². The molecule has 0 fully saturated rings. The number of carbonyl (C=O) groups is 1. The van der Waals surface area contributed by atoms with E-state index in [-0.39, 0.29) is 18.3 Å². The van der Waals surface area contributed by atoms with Gasteiger partial charge >= 0.3 is 0 Å². The molecule has 1 amide bonds. The molecule has 0 saturated carbocycles. The van der Waals surface area contributed by atoms with Gasteiger partial charge < -0.3 is 9.47 Å². The van der Waals surface area contributed by atoms with Gasteiger partial charge in [0.2, 0.25) is 16.8 Å². The number of carbonyl (C=O) groups excluding carboxylic acids is 1. The Kier molecular flexibility index (Phi) is 5.80. The molecule has 0 radical (unpaired) electrons. The fourth-order valence-electron chi connectivity index (χ4n) is 2.96. The number of fused-ring (bicyclic) bond motifs is 1. The van der Waals surface area contributed by atoms with Gasteiger partial charge in [-0.2, -0.15) is 4.98 Å². The van der Waals surface area contributed by atoms with Crippen molar-refractivity contribution in [1.82, 2.24) is 14.6 Å². The summed E-state index contributed by atoms with van der Waals surface area (Å²) in [6.45, 7) is 0. The number of rotatable bonds is 6. The molecular weight excluding hydrogens is 447 g/mol. The summed E-state index contributed by atoms with van der Waals surface area (Å²) in [7, 11) is 3.11. The zero-order valence-electron chi connectivity index (χ0n) is 16.0. The Morgan fingerprint density at radius 3 is 2.67 bits per heavy atom. The highest BCUT2D eigenvalue weighted by Crippen LogP contribution is 2.33. The van der Waals surface area contributed by atoms with E-state index in [1.54, 1.807) is 49.1 Å². The number of halogens is 2. The molecule has 0 spiro atoms. The van der Waals surface area contributed by atoms with E-state index in [1.165, 1.54) is 11.3 Å². The van der Waals surface area contributed by atoms with Crippen LogP contribution in [0.4, 0.5) is 5.95 Å². The van der Waals surface area contributed by atoms with Gasteiger partial charge in [0.15, 0.2) is 11.5 Å². The van der Waals surface area contributed by atoms with Crippen LogP contribution in [0.3, 0.4) is 0 Å². The first kappa shape index (κ1) is 20.5. The summed E-state index contributed by atoms with van der Waals surface area (Å²) in [5, 5.41) is 10.1. The standard InChI is InChI=1S/C20H16Cl2N4O3S/c1-28-16-6-3-11(7-17(16)29-2)8-18(27)23-19-24-20-26(25-19)15(10-30-20)13-5-4-12(21)9-14(13)22/h3-7,9-10H,8H2,1-2H3,(H,23,25,27). The van der Waals surface area contributed by atoms with Crippen molar-refractivity contribution in [3.8, 4) is 22.8 Å². The lowest BCUT2D eigenvalue weighted by molar-refractivity contribution is -0.115. The predicted molar refractivity (Wildman–Crippen MR) is 118 cm³/mol. The first-order chi connectivity index (χ1) is 14.5. The SMILES string of the molecule is COc1ccc(CC(=O)Nc2nc3scc(-c4ccc(Cl)cc4Cl)n3n2)cc1OC. The van der Waals surface area contributed by atoms with Crippen LogP contribution in [0.5, 0.6) is 11.5 Å². The Hall–Kier alpha value is -2.81. The van der Waals surface area contributed by atoms with E-state index >= 15 is 0 Å². The molecule has 7 nitrogen and oxygen atoms in total. The third-order valence-corrected chi connectivity index (χ3v) is 5.72. The van der Waals surface area contributed by atoms with Crippen LogP contribution >= 0.6 is 34.5 Å². The van der Waals surface area contributed by atoms with Crippen LogP contribution < -0.4 is 14.8 Å². The fourth-order valence-corrected chi connectivity index (χ4v) is 4.29. The number of thiazole rings is 1. The molecule has 0 atom stereocenters. The number of amides is 1. The lowest BCUT2D eigenvalue weighted by Gasteiger charge is -2.09. The molecule has 0 saturated heterocycles. The van der Waals surface area contributed by atoms with Crippen LogP contribution in [0.1, 0.15) is 5.56 Å². The number of methoxy groups -OCH3 is 2. The number of anilines is 1. The summed E-state index contributed by atoms with van der Waals surface area (Å²) in [5.41, 5.74) is 2.32. The van der Waals surface area contributed by atoms with Gasteiger partial charge in [0.25, 0.3) is 0 Å². The lowest BCUT2D eigenvalue weighted by atomic mass is 10.1. The molecule has 2 heterocycles. The van der Waals surface area contributed by atoms with Crippen molar-refractivity contribution in [2.45, 2.75) is 6.42 Å². The van der Waals surface area contributed by atoms with Gasteiger partial charge in [-0.25, -0.2) is 4.52 Å². The highest BCUT2D eigenvalue weighted by molar-refractivity contribution is 7.15. The van der Waals surface area contributed by atoms with E-state index in [4.69, 9.17) is 32.7 Å². The van der Waals surface area contributed by atoms with E-state index in [0.29, 0.717) is 26.5 Å². The molecule has 0 aliphatic rings. The maximum atomic E-state index is 12.5. The summed E-state index contributed by atoms with van der Waals surface area (Å²) >= 11 is 13.7. The van der Waals surface area contributed by atoms with Gasteiger partial charge in [-0.15, -0.1) is 16.4 Å². The molecule has 2 aromatic carbocycles. The highest BCUT2D eigenvalue weighted by Gasteiger charge is 2.16. The zero-order valence-corrected chi connectivity index (χ0v) is 18.3. The van der Waals surface area contributed by atoms with Crippen molar-refractivity contribution < 1.29 is 14.3 Å². The molecule has 4 aromatic rings. The maximum Gasteiger partial charge on any atom is 0.250 e. The van der Waals surface area contributed by atoms with E-state index < -0.39 is 0 Å². The number of aromatic nitrogens is 3. The van der Waals surface area contributed by atoms with Crippen molar-refractivity contribution in [3.05, 3.63) is 57.4 Å². The smallest absolute Gasteiger partial charge is 0.250 e. The normalized spacial score (nSPS) is 10.9. The van der Waals surface area contributed by atoms with Crippen molar-refractivity contribution >= 4 is 51.4 Å². The van der Waals surface area contributed by atoms with Crippen molar-refractivity contribution in [1.29, 1.82) is 0 Å². The second-order valence-electron chi connectivity index (χ2n) is 6.29. The number of nitrogens with zero attached hydrogens (tertiary/aromatic N) is 3. The second kappa shape index (κ2) is 8.51. The van der Waals surface area contributed by atoms with Crippen LogP contribution in [0, 0.1) is 0 Å². The molecule has 154 valence electrons. The number of hydrogen-bond acceptors (Lipinski definition) is 6. The van der Waals surface area contributed by atoms with Crippen LogP contribution in [0.15, 0.2) is 41.8 Å². The van der Waals surface area contributed by atoms with Crippen LogP contribution in [-0.4, -0.2) is 34.7 Å². The molecule has 4 rings (SSSR count). The minimum Gasteiger partial charge on any atom is -0.493 e. The minimum atomic E-state index is -0.244. The number of benzene rings is 2. The number of ether oxygens (including phenoxy) is 2. The summed E-state index contributed by atoms with van der Waals surface area (Å²) in [5.74, 6) is 1.14. The third-order valence-electron chi connectivity index (χ3n) is 4.35. The zero-order chi connectivity index (χ0) is 21.3. The van der Waals surface area contributed by atoms with Gasteiger partial charge in [0.1, 0.15) is 0 Å². The van der Waals surface area contributed by atoms with Crippen LogP contribution in [-0.2, 0) is 11.2 Å². The fraction of sp³-hybridized carbons (Fsp3) is 0.150. The topological polar surface area (TPSA) is 77.8 Å². The Balaban J connectivity index is 1.53. The predicted octanol–water partition coefficient (Wildman–Crippen LogP) is 4.96. The molecule has 1 N–H and O–H groups in total. The van der Waals surface area contributed by atoms with Crippen molar-refractivity contribution in [2.24, 2.45) is 0 Å². The molecule has 0 bridgehead atoms. The average Bonchev–Trinajstić information content (AvgIpc) is 3.28. The van der Waals surface area contributed by atoms with Gasteiger partial charge in [0.05, 0.1) is 31.4 Å². The molecular formula is C20H16Cl2N4O3S. The highest BCUT2D eigenvalue weighted by atomic mass is 35.5. The summed E-state index contributed by atoms with van der Waals surface area (Å²) < 4.78 is 12.1. The van der Waals surface area contributed by atoms with Crippen LogP contribution in [0.2, 0.25) is 10.0 Å². The first-order valence-corrected chi connectivity index (χ1v) is 10.4. The van der Waals surface area contributed by atoms with E-state index in [1.807, 2.05) is 11.4 Å². The first-order valence-electron chi connectivity index (χ1n) is 8.79. The summed E-state index contributed by atoms with van der Waals surface area (Å²) in [4.78, 5) is 17.5. The minimum absolute atomic E-state index is 0.142. The monoisotopic (exact) mass is 462 g/mol. The quantitative estimate of drug-likeness (QED) is 0.437. The van der Waals surface area contributed by atoms with Gasteiger partial charge in [-0.1, -0.05) is 29.3 Å². The van der Waals surface area contributed by atoms with E-state index in [0.717, 1.165) is 16.8 Å². The molecule has 2 aromatic heterocycles. The average molecular weight is 463 g/mol. The number of hydrogen-bond donors (Lipinski definition) is 1. The largest absolute Gasteiger partial charge is 0.493 e. The lowest BCUT2D eigenvalue weighted by Crippen LogP contribution is -2.15. The van der Waals surface area contributed by atoms with E-state index in [9.17, 15) is 4.79 Å². The number of nitrogens with one attached hydrogen (secondary N) is 1. The summed E-state index contributed by atoms with van der Waals surface area (Å²) in [6.07, 6.45) is 0.142. The summed E-state index contributed by atoms with van der Waals surface area (Å²) in [6, 6.07) is 10.6. The maximum absolute atomic E-state index is 12.5. The second-order valence-corrected chi connectivity index (χ2v) is 7.97. The molecule has 0 aliphatic carbocycles. The van der Waals surface area contributed by atoms with Crippen LogP contribution in [0.25, 0.3) is 16.2 Å². The Labute approximate surface area is 186 Å². The van der Waals surface area contributed by atoms with Gasteiger partial charge in [-0.05, 0) is 35.9 Å². The molecule has 0 aliphatic heterocycles. The Bertz CT molecular complexity index is 1240. The Morgan fingerprint density at radius 2 is 1.93 bits per heavy atom. The van der Waals surface area contributed by atoms with Gasteiger partial charge in [-0.3, -0.25) is 10.1 Å². The Morgan fingerprint density at radius 1 is 1.13 bits per heavy atom. The molecule has 30 heavy (non-hydrogen) atoms.